The summed E-state index contributed by atoms with van der Waals surface area (Å²) in [5.74, 6) is 0.627. The normalized spacial score (nSPS) is 17.8. The van der Waals surface area contributed by atoms with Gasteiger partial charge < -0.3 is 14.6 Å². The average Bonchev–Trinajstić information content (AvgIpc) is 3.35. The molecule has 1 aliphatic heterocycles. The first-order chi connectivity index (χ1) is 19.5. The van der Waals surface area contributed by atoms with Crippen LogP contribution in [-0.2, 0) is 33.1 Å². The number of benzene rings is 2. The van der Waals surface area contributed by atoms with Gasteiger partial charge in [-0.05, 0) is 86.0 Å². The Balaban J connectivity index is 1.43. The minimum atomic E-state index is -3.12. The van der Waals surface area contributed by atoms with E-state index >= 15 is 0 Å². The lowest BCUT2D eigenvalue weighted by atomic mass is 9.80. The highest BCUT2D eigenvalue weighted by atomic mass is 79.9. The van der Waals surface area contributed by atoms with Crippen molar-refractivity contribution in [2.45, 2.75) is 44.5 Å². The molecule has 9 nitrogen and oxygen atoms in total. The van der Waals surface area contributed by atoms with Gasteiger partial charge in [0.25, 0.3) is 0 Å². The topological polar surface area (TPSA) is 117 Å². The monoisotopic (exact) mass is 659 g/mol. The fourth-order valence-electron chi connectivity index (χ4n) is 5.38. The van der Waals surface area contributed by atoms with Gasteiger partial charge in [0, 0.05) is 40.4 Å². The lowest BCUT2D eigenvalue weighted by Crippen LogP contribution is -2.40. The van der Waals surface area contributed by atoms with Crippen LogP contribution in [0, 0.1) is 0 Å². The molecule has 2 atom stereocenters. The van der Waals surface area contributed by atoms with Crippen LogP contribution in [0.4, 0.5) is 5.69 Å². The summed E-state index contributed by atoms with van der Waals surface area (Å²) in [5, 5.41) is 14.2. The lowest BCUT2D eigenvalue weighted by Gasteiger charge is -2.25. The Kier molecular flexibility index (Phi) is 8.54. The highest BCUT2D eigenvalue weighted by molar-refractivity contribution is 9.10. The Morgan fingerprint density at radius 2 is 1.90 bits per heavy atom. The number of fused-ring (bicyclic) bond motifs is 2. The Bertz CT molecular complexity index is 1700. The van der Waals surface area contributed by atoms with Gasteiger partial charge in [-0.15, -0.1) is 0 Å². The Hall–Kier alpha value is -2.83. The van der Waals surface area contributed by atoms with Crippen LogP contribution in [0.2, 0.25) is 5.02 Å². The van der Waals surface area contributed by atoms with E-state index in [2.05, 4.69) is 26.2 Å². The number of aryl methyl sites for hydroxylation is 1. The number of aliphatic hydroxyl groups is 1. The number of aromatic nitrogens is 3. The van der Waals surface area contributed by atoms with Crippen LogP contribution in [0.5, 0.6) is 0 Å². The summed E-state index contributed by atoms with van der Waals surface area (Å²) < 4.78 is 26.4. The third kappa shape index (κ3) is 6.34. The number of rotatable bonds is 11. The highest BCUT2D eigenvalue weighted by Gasteiger charge is 2.47. The van der Waals surface area contributed by atoms with E-state index < -0.39 is 21.5 Å². The number of halogens is 2. The summed E-state index contributed by atoms with van der Waals surface area (Å²) in [6.07, 6.45) is 4.46. The first-order valence-corrected chi connectivity index (χ1v) is 16.5. The molecule has 0 saturated heterocycles. The van der Waals surface area contributed by atoms with Gasteiger partial charge in [0.15, 0.2) is 0 Å². The van der Waals surface area contributed by atoms with Gasteiger partial charge in [0.2, 0.25) is 5.91 Å². The first-order valence-electron chi connectivity index (χ1n) is 13.2. The number of hydrogen-bond acceptors (Lipinski definition) is 7. The molecule has 0 bridgehead atoms. The second-order valence-electron chi connectivity index (χ2n) is 10.6. The zero-order valence-electron chi connectivity index (χ0n) is 22.7. The van der Waals surface area contributed by atoms with Crippen molar-refractivity contribution in [1.29, 1.82) is 0 Å². The second-order valence-corrected chi connectivity index (χ2v) is 14.2. The Labute approximate surface area is 252 Å². The Morgan fingerprint density at radius 3 is 2.63 bits per heavy atom. The fourth-order valence-corrected chi connectivity index (χ4v) is 6.56. The summed E-state index contributed by atoms with van der Waals surface area (Å²) in [6.45, 7) is 2.97. The molecule has 216 valence electrons. The zero-order chi connectivity index (χ0) is 29.4. The standard InChI is InChI=1S/C29H31BrClN5O4S/c1-29(10-13-33-27(37)19-8-11-32-12-9-19)22-16-20(30)4-6-24(22)36(28(29)38)18-26-34-23-17-21(31)5-7-25(23)35(26)14-3-15-41(2,39)40/h4-9,11-12,16-17,27,33,37H,3,10,13-15,18H2,1-2H3. The maximum absolute atomic E-state index is 14.1. The predicted octanol–water partition coefficient (Wildman–Crippen LogP) is 4.76. The molecule has 41 heavy (non-hydrogen) atoms. The molecule has 2 unspecified atom stereocenters. The van der Waals surface area contributed by atoms with Crippen LogP contribution in [-0.4, -0.2) is 52.5 Å². The minimum absolute atomic E-state index is 0.0512. The molecule has 2 aromatic carbocycles. The first kappa shape index (κ1) is 29.7. The summed E-state index contributed by atoms with van der Waals surface area (Å²) in [5.41, 5.74) is 3.05. The van der Waals surface area contributed by atoms with E-state index in [4.69, 9.17) is 16.6 Å². The molecule has 0 fully saturated rings. The van der Waals surface area contributed by atoms with Gasteiger partial charge in [0.1, 0.15) is 21.9 Å². The molecule has 0 radical (unpaired) electrons. The molecule has 1 aliphatic rings. The predicted molar refractivity (Wildman–Crippen MR) is 164 cm³/mol. The van der Waals surface area contributed by atoms with Crippen molar-refractivity contribution in [2.75, 3.05) is 23.5 Å². The molecule has 0 spiro atoms. The van der Waals surface area contributed by atoms with Crippen LogP contribution in [0.3, 0.4) is 0 Å². The Morgan fingerprint density at radius 1 is 1.15 bits per heavy atom. The molecule has 2 aromatic heterocycles. The number of carbonyl (C=O) groups excluding carboxylic acids is 1. The molecule has 4 aromatic rings. The highest BCUT2D eigenvalue weighted by Crippen LogP contribution is 2.45. The SMILES string of the molecule is CC1(CCNC(O)c2ccncc2)C(=O)N(Cc2nc3cc(Cl)ccc3n2CCCS(C)(=O)=O)c2ccc(Br)cc21. The quantitative estimate of drug-likeness (QED) is 0.223. The van der Waals surface area contributed by atoms with E-state index in [1.165, 1.54) is 6.26 Å². The van der Waals surface area contributed by atoms with Crippen LogP contribution in [0.15, 0.2) is 65.4 Å². The van der Waals surface area contributed by atoms with E-state index in [1.54, 1.807) is 41.6 Å². The lowest BCUT2D eigenvalue weighted by molar-refractivity contribution is -0.123. The van der Waals surface area contributed by atoms with Crippen molar-refractivity contribution in [3.63, 3.8) is 0 Å². The number of aliphatic hydroxyl groups excluding tert-OH is 1. The van der Waals surface area contributed by atoms with Crippen LogP contribution >= 0.6 is 27.5 Å². The van der Waals surface area contributed by atoms with Crippen molar-refractivity contribution < 1.29 is 18.3 Å². The van der Waals surface area contributed by atoms with Crippen molar-refractivity contribution in [2.24, 2.45) is 0 Å². The van der Waals surface area contributed by atoms with E-state index in [-0.39, 0.29) is 18.2 Å². The number of anilines is 1. The fraction of sp³-hybridized carbons (Fsp3) is 0.345. The number of nitrogens with zero attached hydrogens (tertiary/aromatic N) is 4. The van der Waals surface area contributed by atoms with Crippen molar-refractivity contribution in [3.8, 4) is 0 Å². The number of amides is 1. The van der Waals surface area contributed by atoms with Gasteiger partial charge >= 0.3 is 0 Å². The van der Waals surface area contributed by atoms with Crippen molar-refractivity contribution in [1.82, 2.24) is 19.9 Å². The van der Waals surface area contributed by atoms with E-state index in [1.807, 2.05) is 35.8 Å². The van der Waals surface area contributed by atoms with Crippen molar-refractivity contribution in [3.05, 3.63) is 87.4 Å². The van der Waals surface area contributed by atoms with Gasteiger partial charge in [-0.25, -0.2) is 13.4 Å². The number of sulfone groups is 1. The van der Waals surface area contributed by atoms with Gasteiger partial charge in [0.05, 0.1) is 28.7 Å². The smallest absolute Gasteiger partial charge is 0.237 e. The molecule has 1 amide bonds. The largest absolute Gasteiger partial charge is 0.374 e. The summed E-state index contributed by atoms with van der Waals surface area (Å²) in [7, 11) is -3.12. The minimum Gasteiger partial charge on any atom is -0.374 e. The number of hydrogen-bond donors (Lipinski definition) is 2. The second kappa shape index (κ2) is 11.8. The number of carbonyl (C=O) groups is 1. The van der Waals surface area contributed by atoms with Crippen LogP contribution in [0.25, 0.3) is 11.0 Å². The molecular weight excluding hydrogens is 630 g/mol. The molecular formula is C29H31BrClN5O4S. The zero-order valence-corrected chi connectivity index (χ0v) is 25.9. The molecule has 3 heterocycles. The van der Waals surface area contributed by atoms with Gasteiger partial charge in [-0.3, -0.25) is 15.1 Å². The molecule has 0 saturated carbocycles. The van der Waals surface area contributed by atoms with Crippen LogP contribution < -0.4 is 10.2 Å². The third-order valence-electron chi connectivity index (χ3n) is 7.53. The molecule has 5 rings (SSSR count). The maximum atomic E-state index is 14.1. The van der Waals surface area contributed by atoms with E-state index in [0.29, 0.717) is 47.9 Å². The summed E-state index contributed by atoms with van der Waals surface area (Å²) in [4.78, 5) is 24.7. The average molecular weight is 661 g/mol. The summed E-state index contributed by atoms with van der Waals surface area (Å²) >= 11 is 9.80. The van der Waals surface area contributed by atoms with Crippen molar-refractivity contribution >= 4 is 60.0 Å². The van der Waals surface area contributed by atoms with Gasteiger partial charge in [-0.2, -0.15) is 0 Å². The molecule has 12 heteroatoms. The maximum Gasteiger partial charge on any atom is 0.237 e. The van der Waals surface area contributed by atoms with Crippen LogP contribution in [0.1, 0.15) is 42.9 Å². The van der Waals surface area contributed by atoms with E-state index in [0.717, 1.165) is 21.2 Å². The van der Waals surface area contributed by atoms with E-state index in [9.17, 15) is 18.3 Å². The van der Waals surface area contributed by atoms with Gasteiger partial charge in [-0.1, -0.05) is 27.5 Å². The number of pyridine rings is 1. The molecule has 0 aliphatic carbocycles. The summed E-state index contributed by atoms with van der Waals surface area (Å²) in [6, 6.07) is 14.7. The third-order valence-corrected chi connectivity index (χ3v) is 9.29. The number of imidazole rings is 1. The number of nitrogens with one attached hydrogen (secondary N) is 1. The molecule has 2 N–H and O–H groups in total.